The molecule has 0 atom stereocenters. The molecule has 3 rings (SSSR count). The third-order valence-corrected chi connectivity index (χ3v) is 2.94. The van der Waals surface area contributed by atoms with Crippen molar-refractivity contribution in [2.45, 2.75) is 25.8 Å². The molecular weight excluding hydrogens is 212 g/mol. The van der Waals surface area contributed by atoms with E-state index in [4.69, 9.17) is 16.0 Å². The lowest BCUT2D eigenvalue weighted by Crippen LogP contribution is -2.08. The third-order valence-electron chi connectivity index (χ3n) is 2.73. The van der Waals surface area contributed by atoms with E-state index in [1.54, 1.807) is 6.07 Å². The first-order valence-corrected chi connectivity index (χ1v) is 5.52. The van der Waals surface area contributed by atoms with Gasteiger partial charge in [0.1, 0.15) is 11.5 Å². The van der Waals surface area contributed by atoms with Crippen LogP contribution < -0.4 is 0 Å². The minimum Gasteiger partial charge on any atom is -0.443 e. The van der Waals surface area contributed by atoms with Gasteiger partial charge in [-0.3, -0.25) is 0 Å². The molecule has 78 valence electrons. The molecule has 1 aliphatic heterocycles. The largest absolute Gasteiger partial charge is 0.443 e. The van der Waals surface area contributed by atoms with E-state index in [9.17, 15) is 0 Å². The molecule has 0 unspecified atom stereocenters. The van der Waals surface area contributed by atoms with Crippen LogP contribution in [0.25, 0.3) is 11.5 Å². The van der Waals surface area contributed by atoms with Crippen molar-refractivity contribution in [1.82, 2.24) is 9.55 Å². The molecule has 0 radical (unpaired) electrons. The van der Waals surface area contributed by atoms with Crippen LogP contribution in [0.4, 0.5) is 0 Å². The molecule has 3 nitrogen and oxygen atoms in total. The van der Waals surface area contributed by atoms with Crippen molar-refractivity contribution in [3.63, 3.8) is 0 Å². The van der Waals surface area contributed by atoms with E-state index in [0.29, 0.717) is 5.22 Å². The molecule has 0 saturated carbocycles. The number of imidazole rings is 1. The van der Waals surface area contributed by atoms with Crippen LogP contribution in [0.3, 0.4) is 0 Å². The number of aromatic nitrogens is 2. The van der Waals surface area contributed by atoms with Crippen molar-refractivity contribution < 1.29 is 4.42 Å². The fraction of sp³-hybridized carbons (Fsp3) is 0.364. The van der Waals surface area contributed by atoms with E-state index in [1.165, 1.54) is 12.8 Å². The van der Waals surface area contributed by atoms with Crippen LogP contribution in [0.1, 0.15) is 18.7 Å². The number of hydrogen-bond donors (Lipinski definition) is 0. The smallest absolute Gasteiger partial charge is 0.194 e. The van der Waals surface area contributed by atoms with E-state index < -0.39 is 0 Å². The van der Waals surface area contributed by atoms with E-state index in [0.717, 1.165) is 30.2 Å². The Morgan fingerprint density at radius 1 is 1.33 bits per heavy atom. The van der Waals surface area contributed by atoms with Crippen LogP contribution in [0, 0.1) is 0 Å². The van der Waals surface area contributed by atoms with Gasteiger partial charge in [0.2, 0.25) is 0 Å². The summed E-state index contributed by atoms with van der Waals surface area (Å²) in [6.07, 6.45) is 5.58. The molecule has 0 N–H and O–H groups in total. The van der Waals surface area contributed by atoms with Crippen molar-refractivity contribution >= 4 is 11.6 Å². The maximum atomic E-state index is 5.74. The lowest BCUT2D eigenvalue weighted by molar-refractivity contribution is 0.522. The van der Waals surface area contributed by atoms with Crippen LogP contribution in [0.5, 0.6) is 0 Å². The van der Waals surface area contributed by atoms with Crippen LogP contribution in [-0.2, 0) is 13.0 Å². The summed E-state index contributed by atoms with van der Waals surface area (Å²) >= 11 is 5.74. The molecule has 0 saturated heterocycles. The molecule has 0 aromatic carbocycles. The number of halogens is 1. The van der Waals surface area contributed by atoms with Crippen LogP contribution in [-0.4, -0.2) is 9.55 Å². The molecule has 0 fully saturated rings. The lowest BCUT2D eigenvalue weighted by atomic mass is 10.2. The quantitative estimate of drug-likeness (QED) is 0.742. The number of aryl methyl sites for hydroxylation is 2. The van der Waals surface area contributed by atoms with Crippen molar-refractivity contribution in [2.24, 2.45) is 0 Å². The molecule has 0 aliphatic carbocycles. The van der Waals surface area contributed by atoms with E-state index >= 15 is 0 Å². The molecular formula is C11H11ClN2O. The SMILES string of the molecule is Clc1ccc(-c2cn3c(n2)CCCC3)o1. The lowest BCUT2D eigenvalue weighted by Gasteiger charge is -2.11. The molecule has 15 heavy (non-hydrogen) atoms. The third kappa shape index (κ3) is 1.57. The summed E-state index contributed by atoms with van der Waals surface area (Å²) in [4.78, 5) is 4.54. The van der Waals surface area contributed by atoms with Crippen LogP contribution >= 0.6 is 11.6 Å². The Hall–Kier alpha value is -1.22. The topological polar surface area (TPSA) is 31.0 Å². The highest BCUT2D eigenvalue weighted by Gasteiger charge is 2.14. The Morgan fingerprint density at radius 2 is 2.27 bits per heavy atom. The second kappa shape index (κ2) is 3.42. The highest BCUT2D eigenvalue weighted by atomic mass is 35.5. The van der Waals surface area contributed by atoms with Gasteiger partial charge in [-0.05, 0) is 36.6 Å². The number of hydrogen-bond acceptors (Lipinski definition) is 2. The van der Waals surface area contributed by atoms with Crippen molar-refractivity contribution in [3.05, 3.63) is 29.4 Å². The fourth-order valence-electron chi connectivity index (χ4n) is 1.98. The Kier molecular flexibility index (Phi) is 2.06. The summed E-state index contributed by atoms with van der Waals surface area (Å²) in [6.45, 7) is 1.07. The maximum absolute atomic E-state index is 5.74. The van der Waals surface area contributed by atoms with Crippen molar-refractivity contribution in [1.29, 1.82) is 0 Å². The highest BCUT2D eigenvalue weighted by molar-refractivity contribution is 6.28. The van der Waals surface area contributed by atoms with Gasteiger partial charge in [0.05, 0.1) is 0 Å². The van der Waals surface area contributed by atoms with Gasteiger partial charge in [-0.1, -0.05) is 0 Å². The number of nitrogens with zero attached hydrogens (tertiary/aromatic N) is 2. The molecule has 0 spiro atoms. The maximum Gasteiger partial charge on any atom is 0.194 e. The summed E-state index contributed by atoms with van der Waals surface area (Å²) in [5, 5.41) is 0.413. The average Bonchev–Trinajstić information content (AvgIpc) is 2.82. The normalized spacial score (nSPS) is 15.3. The monoisotopic (exact) mass is 222 g/mol. The van der Waals surface area contributed by atoms with Gasteiger partial charge in [-0.25, -0.2) is 4.98 Å². The average molecular weight is 223 g/mol. The molecule has 2 aromatic heterocycles. The Morgan fingerprint density at radius 3 is 3.00 bits per heavy atom. The standard InChI is InChI=1S/C11H11ClN2O/c12-10-5-4-9(15-10)8-7-14-6-2-1-3-11(14)13-8/h4-5,7H,1-3,6H2. The zero-order valence-electron chi connectivity index (χ0n) is 8.24. The first kappa shape index (κ1) is 9.04. The number of rotatable bonds is 1. The first-order valence-electron chi connectivity index (χ1n) is 5.15. The van der Waals surface area contributed by atoms with E-state index in [2.05, 4.69) is 9.55 Å². The van der Waals surface area contributed by atoms with Gasteiger partial charge in [-0.2, -0.15) is 0 Å². The van der Waals surface area contributed by atoms with Gasteiger partial charge >= 0.3 is 0 Å². The number of furan rings is 1. The van der Waals surface area contributed by atoms with Gasteiger partial charge in [0, 0.05) is 19.2 Å². The second-order valence-corrected chi connectivity index (χ2v) is 4.17. The van der Waals surface area contributed by atoms with Crippen LogP contribution in [0.15, 0.2) is 22.7 Å². The Balaban J connectivity index is 2.02. The van der Waals surface area contributed by atoms with Gasteiger partial charge in [0.25, 0.3) is 0 Å². The minimum absolute atomic E-state index is 0.413. The number of fused-ring (bicyclic) bond motifs is 1. The highest BCUT2D eigenvalue weighted by Crippen LogP contribution is 2.25. The molecule has 0 amide bonds. The summed E-state index contributed by atoms with van der Waals surface area (Å²) in [5.74, 6) is 1.91. The summed E-state index contributed by atoms with van der Waals surface area (Å²) < 4.78 is 7.54. The summed E-state index contributed by atoms with van der Waals surface area (Å²) in [5.41, 5.74) is 0.888. The fourth-order valence-corrected chi connectivity index (χ4v) is 2.13. The molecule has 2 aromatic rings. The molecule has 0 bridgehead atoms. The summed E-state index contributed by atoms with van der Waals surface area (Å²) in [7, 11) is 0. The predicted molar refractivity (Wildman–Crippen MR) is 57.9 cm³/mol. The predicted octanol–water partition coefficient (Wildman–Crippen LogP) is 3.13. The zero-order chi connectivity index (χ0) is 10.3. The van der Waals surface area contributed by atoms with Crippen molar-refractivity contribution in [3.8, 4) is 11.5 Å². The van der Waals surface area contributed by atoms with E-state index in [1.807, 2.05) is 12.3 Å². The molecule has 1 aliphatic rings. The minimum atomic E-state index is 0.413. The Bertz CT molecular complexity index is 463. The van der Waals surface area contributed by atoms with Gasteiger partial charge in [-0.15, -0.1) is 0 Å². The van der Waals surface area contributed by atoms with Gasteiger partial charge in [0.15, 0.2) is 11.0 Å². The zero-order valence-corrected chi connectivity index (χ0v) is 9.00. The van der Waals surface area contributed by atoms with Crippen molar-refractivity contribution in [2.75, 3.05) is 0 Å². The molecule has 3 heterocycles. The second-order valence-electron chi connectivity index (χ2n) is 3.80. The van der Waals surface area contributed by atoms with E-state index in [-0.39, 0.29) is 0 Å². The summed E-state index contributed by atoms with van der Waals surface area (Å²) in [6, 6.07) is 3.60. The molecule has 4 heteroatoms. The Labute approximate surface area is 92.7 Å². The first-order chi connectivity index (χ1) is 7.33. The van der Waals surface area contributed by atoms with Gasteiger partial charge < -0.3 is 8.98 Å². The van der Waals surface area contributed by atoms with Crippen LogP contribution in [0.2, 0.25) is 5.22 Å².